The lowest BCUT2D eigenvalue weighted by Crippen LogP contribution is -2.72. The molecule has 5 aliphatic rings. The molecule has 0 atom stereocenters. The quantitative estimate of drug-likeness (QED) is 0.791. The molecule has 0 aromatic carbocycles. The zero-order chi connectivity index (χ0) is 14.7. The Hall–Kier alpha value is -1.06. The zero-order valence-electron chi connectivity index (χ0n) is 12.8. The lowest BCUT2D eigenvalue weighted by atomic mass is 9.34. The summed E-state index contributed by atoms with van der Waals surface area (Å²) in [7, 11) is 1.44. The first kappa shape index (κ1) is 13.6. The van der Waals surface area contributed by atoms with Crippen LogP contribution in [-0.4, -0.2) is 25.0 Å². The molecule has 4 nitrogen and oxygen atoms in total. The number of carbonyl (C=O) groups excluding carboxylic acids is 2. The van der Waals surface area contributed by atoms with Crippen molar-refractivity contribution in [1.82, 2.24) is 5.32 Å². The van der Waals surface area contributed by atoms with Gasteiger partial charge in [-0.1, -0.05) is 12.8 Å². The smallest absolute Gasteiger partial charge is 0.311 e. The Kier molecular flexibility index (Phi) is 2.89. The van der Waals surface area contributed by atoms with Crippen LogP contribution >= 0.6 is 0 Å². The standard InChI is InChI=1S/C17H25NO3/c1-21-15(20)17-8-16(9-17,10-17)14(19)18-13(11-4-2-5-11)12-6-3-7-12/h11-13H,2-10H2,1H3,(H,18,19). The van der Waals surface area contributed by atoms with E-state index in [0.717, 1.165) is 0 Å². The van der Waals surface area contributed by atoms with Crippen LogP contribution in [0.15, 0.2) is 0 Å². The molecular formula is C17H25NO3. The minimum absolute atomic E-state index is 0.119. The van der Waals surface area contributed by atoms with Crippen LogP contribution in [0.2, 0.25) is 0 Å². The second-order valence-corrected chi connectivity index (χ2v) is 7.96. The highest BCUT2D eigenvalue weighted by Gasteiger charge is 2.75. The average Bonchev–Trinajstić information content (AvgIpc) is 2.19. The highest BCUT2D eigenvalue weighted by Crippen LogP contribution is 2.73. The van der Waals surface area contributed by atoms with Crippen LogP contribution in [0.5, 0.6) is 0 Å². The molecule has 0 saturated heterocycles. The van der Waals surface area contributed by atoms with E-state index in [9.17, 15) is 9.59 Å². The molecule has 0 aromatic heterocycles. The molecule has 4 heteroatoms. The van der Waals surface area contributed by atoms with Gasteiger partial charge < -0.3 is 10.1 Å². The van der Waals surface area contributed by atoms with E-state index in [4.69, 9.17) is 4.74 Å². The van der Waals surface area contributed by atoms with Gasteiger partial charge in [-0.05, 0) is 56.8 Å². The summed E-state index contributed by atoms with van der Waals surface area (Å²) in [4.78, 5) is 24.4. The molecule has 5 rings (SSSR count). The van der Waals surface area contributed by atoms with Gasteiger partial charge in [-0.3, -0.25) is 9.59 Å². The first-order valence-electron chi connectivity index (χ1n) is 8.48. The molecule has 5 saturated carbocycles. The molecule has 1 N–H and O–H groups in total. The van der Waals surface area contributed by atoms with Crippen LogP contribution in [0.1, 0.15) is 57.8 Å². The van der Waals surface area contributed by atoms with E-state index in [1.165, 1.54) is 45.6 Å². The van der Waals surface area contributed by atoms with E-state index in [-0.39, 0.29) is 22.7 Å². The van der Waals surface area contributed by atoms with Crippen LogP contribution in [0.3, 0.4) is 0 Å². The van der Waals surface area contributed by atoms with Gasteiger partial charge in [0.25, 0.3) is 0 Å². The number of hydrogen-bond acceptors (Lipinski definition) is 3. The SMILES string of the molecule is COC(=O)C12CC(C(=O)NC(C3CCC3)C3CCC3)(C1)C2. The van der Waals surface area contributed by atoms with Gasteiger partial charge in [0.1, 0.15) is 0 Å². The number of esters is 1. The Morgan fingerprint density at radius 2 is 1.52 bits per heavy atom. The van der Waals surface area contributed by atoms with Crippen molar-refractivity contribution >= 4 is 11.9 Å². The number of nitrogens with one attached hydrogen (secondary N) is 1. The molecule has 116 valence electrons. The Labute approximate surface area is 126 Å². The maximum absolute atomic E-state index is 12.7. The van der Waals surface area contributed by atoms with E-state index >= 15 is 0 Å². The summed E-state index contributed by atoms with van der Waals surface area (Å²) in [6, 6.07) is 0.406. The van der Waals surface area contributed by atoms with Crippen molar-refractivity contribution in [2.24, 2.45) is 22.7 Å². The summed E-state index contributed by atoms with van der Waals surface area (Å²) in [5.74, 6) is 1.52. The van der Waals surface area contributed by atoms with E-state index in [0.29, 0.717) is 37.1 Å². The third kappa shape index (κ3) is 1.80. The number of hydrogen-bond donors (Lipinski definition) is 1. The number of rotatable bonds is 5. The molecule has 0 heterocycles. The predicted octanol–water partition coefficient (Wildman–Crippen LogP) is 2.41. The summed E-state index contributed by atoms with van der Waals surface area (Å²) >= 11 is 0. The monoisotopic (exact) mass is 291 g/mol. The molecule has 0 unspecified atom stereocenters. The highest BCUT2D eigenvalue weighted by atomic mass is 16.5. The topological polar surface area (TPSA) is 55.4 Å². The lowest BCUT2D eigenvalue weighted by molar-refractivity contribution is -0.223. The maximum Gasteiger partial charge on any atom is 0.311 e. The summed E-state index contributed by atoms with van der Waals surface area (Å²) < 4.78 is 4.86. The van der Waals surface area contributed by atoms with Gasteiger partial charge in [0.15, 0.2) is 0 Å². The first-order valence-corrected chi connectivity index (χ1v) is 8.48. The highest BCUT2D eigenvalue weighted by molar-refractivity contribution is 5.93. The molecule has 5 fully saturated rings. The van der Waals surface area contributed by atoms with Crippen LogP contribution in [0.4, 0.5) is 0 Å². The van der Waals surface area contributed by atoms with Crippen molar-refractivity contribution in [3.8, 4) is 0 Å². The molecule has 2 bridgehead atoms. The number of methoxy groups -OCH3 is 1. The molecule has 0 aliphatic heterocycles. The van der Waals surface area contributed by atoms with Crippen molar-refractivity contribution in [1.29, 1.82) is 0 Å². The normalized spacial score (nSPS) is 37.8. The fourth-order valence-corrected chi connectivity index (χ4v) is 4.98. The van der Waals surface area contributed by atoms with Gasteiger partial charge in [-0.15, -0.1) is 0 Å². The molecule has 5 aliphatic carbocycles. The molecule has 0 aromatic rings. The Balaban J connectivity index is 1.37. The van der Waals surface area contributed by atoms with Crippen LogP contribution < -0.4 is 5.32 Å². The van der Waals surface area contributed by atoms with Gasteiger partial charge in [0, 0.05) is 6.04 Å². The molecule has 1 amide bonds. The van der Waals surface area contributed by atoms with Crippen LogP contribution in [0.25, 0.3) is 0 Å². The second-order valence-electron chi connectivity index (χ2n) is 7.96. The largest absolute Gasteiger partial charge is 0.469 e. The molecule has 21 heavy (non-hydrogen) atoms. The molecule has 0 spiro atoms. The third-order valence-electron chi connectivity index (χ3n) is 6.74. The third-order valence-corrected chi connectivity index (χ3v) is 6.74. The zero-order valence-corrected chi connectivity index (χ0v) is 12.8. The minimum atomic E-state index is -0.311. The van der Waals surface area contributed by atoms with Crippen LogP contribution in [-0.2, 0) is 14.3 Å². The van der Waals surface area contributed by atoms with E-state index in [1.807, 2.05) is 0 Å². The minimum Gasteiger partial charge on any atom is -0.469 e. The van der Waals surface area contributed by atoms with E-state index in [1.54, 1.807) is 0 Å². The number of carbonyl (C=O) groups is 2. The Morgan fingerprint density at radius 3 is 1.90 bits per heavy atom. The van der Waals surface area contributed by atoms with Crippen molar-refractivity contribution in [3.63, 3.8) is 0 Å². The number of ether oxygens (including phenoxy) is 1. The fourth-order valence-electron chi connectivity index (χ4n) is 4.98. The fraction of sp³-hybridized carbons (Fsp3) is 0.882. The summed E-state index contributed by atoms with van der Waals surface area (Å²) in [6.45, 7) is 0. The molecule has 0 radical (unpaired) electrons. The van der Waals surface area contributed by atoms with Crippen molar-refractivity contribution in [2.45, 2.75) is 63.8 Å². The Morgan fingerprint density at radius 1 is 1.00 bits per heavy atom. The Bertz CT molecular complexity index is 445. The first-order chi connectivity index (χ1) is 10.1. The number of amides is 1. The van der Waals surface area contributed by atoms with Crippen molar-refractivity contribution in [2.75, 3.05) is 7.11 Å². The van der Waals surface area contributed by atoms with Crippen molar-refractivity contribution in [3.05, 3.63) is 0 Å². The van der Waals surface area contributed by atoms with Crippen molar-refractivity contribution < 1.29 is 14.3 Å². The van der Waals surface area contributed by atoms with Crippen LogP contribution in [0, 0.1) is 22.7 Å². The molecular weight excluding hydrogens is 266 g/mol. The van der Waals surface area contributed by atoms with Gasteiger partial charge in [-0.25, -0.2) is 0 Å². The summed E-state index contributed by atoms with van der Waals surface area (Å²) in [5, 5.41) is 3.38. The van der Waals surface area contributed by atoms with E-state index < -0.39 is 0 Å². The maximum atomic E-state index is 12.7. The average molecular weight is 291 g/mol. The summed E-state index contributed by atoms with van der Waals surface area (Å²) in [6.07, 6.45) is 9.88. The van der Waals surface area contributed by atoms with Gasteiger partial charge >= 0.3 is 5.97 Å². The van der Waals surface area contributed by atoms with E-state index in [2.05, 4.69) is 5.32 Å². The van der Waals surface area contributed by atoms with Gasteiger partial charge in [-0.2, -0.15) is 0 Å². The second kappa shape index (κ2) is 4.47. The predicted molar refractivity (Wildman–Crippen MR) is 77.3 cm³/mol. The van der Waals surface area contributed by atoms with Gasteiger partial charge in [0.2, 0.25) is 5.91 Å². The lowest BCUT2D eigenvalue weighted by Gasteiger charge is -2.67. The van der Waals surface area contributed by atoms with Gasteiger partial charge in [0.05, 0.1) is 17.9 Å². The summed E-state index contributed by atoms with van der Waals surface area (Å²) in [5.41, 5.74) is -0.547.